The summed E-state index contributed by atoms with van der Waals surface area (Å²) in [6.45, 7) is 11.5. The predicted molar refractivity (Wildman–Crippen MR) is 170 cm³/mol. The van der Waals surface area contributed by atoms with E-state index in [-0.39, 0.29) is 5.54 Å². The predicted octanol–water partition coefficient (Wildman–Crippen LogP) is 11.1. The third-order valence-electron chi connectivity index (χ3n) is 8.26. The van der Waals surface area contributed by atoms with Gasteiger partial charge in [0.15, 0.2) is 0 Å². The lowest BCUT2D eigenvalue weighted by Gasteiger charge is -2.42. The molecule has 0 aromatic heterocycles. The van der Waals surface area contributed by atoms with Crippen LogP contribution in [0.4, 0.5) is 28.4 Å². The summed E-state index contributed by atoms with van der Waals surface area (Å²) in [7, 11) is 0. The fraction of sp³-hybridized carbons (Fsp3) is 0.243. The molecule has 0 amide bonds. The van der Waals surface area contributed by atoms with Gasteiger partial charge in [0.1, 0.15) is 0 Å². The van der Waals surface area contributed by atoms with Crippen molar-refractivity contribution in [2.75, 3.05) is 9.80 Å². The molecule has 198 valence electrons. The van der Waals surface area contributed by atoms with Gasteiger partial charge in [-0.15, -0.1) is 0 Å². The number of rotatable bonds is 9. The van der Waals surface area contributed by atoms with Crippen molar-refractivity contribution < 1.29 is 0 Å². The first-order chi connectivity index (χ1) is 19.0. The highest BCUT2D eigenvalue weighted by Gasteiger charge is 2.30. The average Bonchev–Trinajstić information content (AvgIpc) is 2.99. The van der Waals surface area contributed by atoms with Crippen LogP contribution in [0.25, 0.3) is 10.8 Å². The van der Waals surface area contributed by atoms with E-state index in [4.69, 9.17) is 0 Å². The lowest BCUT2D eigenvalue weighted by atomic mass is 9.91. The van der Waals surface area contributed by atoms with Crippen molar-refractivity contribution in [1.29, 1.82) is 0 Å². The molecule has 0 bridgehead atoms. The zero-order valence-corrected chi connectivity index (χ0v) is 23.9. The van der Waals surface area contributed by atoms with Crippen LogP contribution in [-0.2, 0) is 0 Å². The Bertz CT molecular complexity index is 1500. The van der Waals surface area contributed by atoms with Crippen LogP contribution in [0.1, 0.15) is 58.9 Å². The minimum Gasteiger partial charge on any atom is -0.336 e. The van der Waals surface area contributed by atoms with Crippen LogP contribution in [0.15, 0.2) is 121 Å². The van der Waals surface area contributed by atoms with Crippen molar-refractivity contribution in [1.82, 2.24) is 0 Å². The molecule has 0 fully saturated rings. The molecule has 0 N–H and O–H groups in total. The van der Waals surface area contributed by atoms with Gasteiger partial charge in [0.25, 0.3) is 0 Å². The first-order valence-electron chi connectivity index (χ1n) is 14.3. The van der Waals surface area contributed by atoms with E-state index in [1.165, 1.54) is 33.4 Å². The number of anilines is 5. The van der Waals surface area contributed by atoms with Crippen LogP contribution in [0.5, 0.6) is 0 Å². The fourth-order valence-corrected chi connectivity index (χ4v) is 5.68. The molecule has 0 unspecified atom stereocenters. The molecular weight excluding hydrogens is 472 g/mol. The third kappa shape index (κ3) is 5.16. The molecule has 5 rings (SSSR count). The van der Waals surface area contributed by atoms with Gasteiger partial charge in [-0.05, 0) is 91.2 Å². The topological polar surface area (TPSA) is 6.48 Å². The van der Waals surface area contributed by atoms with Gasteiger partial charge in [-0.25, -0.2) is 0 Å². The van der Waals surface area contributed by atoms with Gasteiger partial charge in [-0.1, -0.05) is 94.4 Å². The van der Waals surface area contributed by atoms with Crippen LogP contribution in [0, 0.1) is 0 Å². The Hall–Kier alpha value is -4.04. The van der Waals surface area contributed by atoms with E-state index in [0.717, 1.165) is 24.2 Å². The molecule has 0 aliphatic carbocycles. The maximum absolute atomic E-state index is 2.51. The Morgan fingerprint density at radius 1 is 0.538 bits per heavy atom. The minimum atomic E-state index is 0.0187. The molecular formula is C37H40N2. The zero-order valence-electron chi connectivity index (χ0n) is 23.9. The van der Waals surface area contributed by atoms with Crippen molar-refractivity contribution in [3.05, 3.63) is 127 Å². The maximum Gasteiger partial charge on any atom is 0.0540 e. The summed E-state index contributed by atoms with van der Waals surface area (Å²) < 4.78 is 0. The highest BCUT2D eigenvalue weighted by Crippen LogP contribution is 2.43. The lowest BCUT2D eigenvalue weighted by Crippen LogP contribution is -2.42. The Labute approximate surface area is 234 Å². The smallest absolute Gasteiger partial charge is 0.0540 e. The molecule has 0 saturated heterocycles. The quantitative estimate of drug-likeness (QED) is 0.194. The standard InChI is InChI=1S/C37H40N2/c1-6-37(5,7-2)39(31-18-12-9-13-19-31)32-24-22-30(23-25-32)38(29-16-10-8-11-17-29)36-27-26-33(28(3)4)34-20-14-15-21-35(34)36/h8-28H,6-7H2,1-5H3. The number of hydrogen-bond acceptors (Lipinski definition) is 2. The number of benzene rings is 5. The lowest BCUT2D eigenvalue weighted by molar-refractivity contribution is 0.428. The Morgan fingerprint density at radius 3 is 1.56 bits per heavy atom. The number of hydrogen-bond donors (Lipinski definition) is 0. The first kappa shape index (κ1) is 26.6. The van der Waals surface area contributed by atoms with E-state index in [9.17, 15) is 0 Å². The van der Waals surface area contributed by atoms with Gasteiger partial charge in [-0.3, -0.25) is 0 Å². The second-order valence-electron chi connectivity index (χ2n) is 10.9. The highest BCUT2D eigenvalue weighted by atomic mass is 15.2. The second-order valence-corrected chi connectivity index (χ2v) is 10.9. The average molecular weight is 513 g/mol. The molecule has 0 aliphatic heterocycles. The van der Waals surface area contributed by atoms with Crippen molar-refractivity contribution in [2.24, 2.45) is 0 Å². The SMILES string of the molecule is CCC(C)(CC)N(c1ccccc1)c1ccc(N(c2ccccc2)c2ccc(C(C)C)c3ccccc23)cc1. The summed E-state index contributed by atoms with van der Waals surface area (Å²) in [5.74, 6) is 0.462. The van der Waals surface area contributed by atoms with Crippen LogP contribution < -0.4 is 9.80 Å². The monoisotopic (exact) mass is 512 g/mol. The summed E-state index contributed by atoms with van der Waals surface area (Å²) in [4.78, 5) is 4.90. The summed E-state index contributed by atoms with van der Waals surface area (Å²) in [5.41, 5.74) is 7.34. The molecule has 39 heavy (non-hydrogen) atoms. The minimum absolute atomic E-state index is 0.0187. The van der Waals surface area contributed by atoms with E-state index in [2.05, 4.69) is 166 Å². The summed E-state index contributed by atoms with van der Waals surface area (Å²) in [6, 6.07) is 44.0. The van der Waals surface area contributed by atoms with Gasteiger partial charge in [-0.2, -0.15) is 0 Å². The Balaban J connectivity index is 1.65. The molecule has 0 radical (unpaired) electrons. The molecule has 2 nitrogen and oxygen atoms in total. The first-order valence-corrected chi connectivity index (χ1v) is 14.3. The second kappa shape index (κ2) is 11.4. The van der Waals surface area contributed by atoms with Crippen molar-refractivity contribution in [3.63, 3.8) is 0 Å². The van der Waals surface area contributed by atoms with Crippen molar-refractivity contribution in [2.45, 2.75) is 58.9 Å². The number of nitrogens with zero attached hydrogens (tertiary/aromatic N) is 2. The van der Waals surface area contributed by atoms with Gasteiger partial charge in [0, 0.05) is 33.7 Å². The van der Waals surface area contributed by atoms with E-state index in [1.807, 2.05) is 0 Å². The van der Waals surface area contributed by atoms with Gasteiger partial charge >= 0.3 is 0 Å². The van der Waals surface area contributed by atoms with Gasteiger partial charge in [0.2, 0.25) is 0 Å². The van der Waals surface area contributed by atoms with Crippen LogP contribution in [-0.4, -0.2) is 5.54 Å². The third-order valence-corrected chi connectivity index (χ3v) is 8.26. The van der Waals surface area contributed by atoms with Gasteiger partial charge in [0.05, 0.1) is 5.69 Å². The van der Waals surface area contributed by atoms with E-state index >= 15 is 0 Å². The molecule has 0 saturated carbocycles. The molecule has 0 spiro atoms. The van der Waals surface area contributed by atoms with Crippen LogP contribution in [0.2, 0.25) is 0 Å². The molecule has 5 aromatic rings. The molecule has 0 atom stereocenters. The van der Waals surface area contributed by atoms with Crippen LogP contribution >= 0.6 is 0 Å². The maximum atomic E-state index is 2.51. The molecule has 0 heterocycles. The summed E-state index contributed by atoms with van der Waals surface area (Å²) in [5, 5.41) is 2.59. The summed E-state index contributed by atoms with van der Waals surface area (Å²) in [6.07, 6.45) is 2.12. The largest absolute Gasteiger partial charge is 0.336 e. The number of fused-ring (bicyclic) bond motifs is 1. The summed E-state index contributed by atoms with van der Waals surface area (Å²) >= 11 is 0. The van der Waals surface area contributed by atoms with E-state index < -0.39 is 0 Å². The highest BCUT2D eigenvalue weighted by molar-refractivity contribution is 6.00. The number of para-hydroxylation sites is 2. The normalized spacial score (nSPS) is 11.6. The molecule has 0 aliphatic rings. The fourth-order valence-electron chi connectivity index (χ4n) is 5.68. The van der Waals surface area contributed by atoms with Crippen molar-refractivity contribution in [3.8, 4) is 0 Å². The zero-order chi connectivity index (χ0) is 27.4. The van der Waals surface area contributed by atoms with Crippen molar-refractivity contribution >= 4 is 39.2 Å². The molecule has 5 aromatic carbocycles. The van der Waals surface area contributed by atoms with E-state index in [0.29, 0.717) is 5.92 Å². The van der Waals surface area contributed by atoms with E-state index in [1.54, 1.807) is 0 Å². The Morgan fingerprint density at radius 2 is 1.00 bits per heavy atom. The van der Waals surface area contributed by atoms with Crippen LogP contribution in [0.3, 0.4) is 0 Å². The Kier molecular flexibility index (Phi) is 7.74. The van der Waals surface area contributed by atoms with Gasteiger partial charge < -0.3 is 9.80 Å². The molecule has 2 heteroatoms.